The van der Waals surface area contributed by atoms with Crippen LogP contribution in [0.2, 0.25) is 0 Å². The van der Waals surface area contributed by atoms with Gasteiger partial charge in [-0.1, -0.05) is 18.2 Å². The molecule has 1 fully saturated rings. The van der Waals surface area contributed by atoms with Gasteiger partial charge in [0, 0.05) is 32.3 Å². The van der Waals surface area contributed by atoms with E-state index in [0.717, 1.165) is 18.6 Å². The molecule has 0 aliphatic carbocycles. The lowest BCUT2D eigenvalue weighted by Crippen LogP contribution is -2.42. The van der Waals surface area contributed by atoms with Crippen LogP contribution in [0.4, 0.5) is 9.18 Å². The van der Waals surface area contributed by atoms with Crippen LogP contribution in [0.5, 0.6) is 0 Å². The molecule has 2 amide bonds. The van der Waals surface area contributed by atoms with E-state index in [1.807, 2.05) is 18.2 Å². The van der Waals surface area contributed by atoms with Gasteiger partial charge in [-0.15, -0.1) is 0 Å². The lowest BCUT2D eigenvalue weighted by Gasteiger charge is -2.25. The first-order valence-corrected chi connectivity index (χ1v) is 8.39. The minimum Gasteiger partial charge on any atom is -0.381 e. The zero-order valence-electron chi connectivity index (χ0n) is 14.2. The van der Waals surface area contributed by atoms with Crippen LogP contribution in [0, 0.1) is 11.7 Å². The summed E-state index contributed by atoms with van der Waals surface area (Å²) in [5.41, 5.74) is 1.49. The first kappa shape index (κ1) is 17.4. The molecule has 1 saturated heterocycles. The van der Waals surface area contributed by atoms with Gasteiger partial charge < -0.3 is 15.0 Å². The minimum atomic E-state index is -0.434. The van der Waals surface area contributed by atoms with Gasteiger partial charge in [0.25, 0.3) is 0 Å². The highest BCUT2D eigenvalue weighted by Gasteiger charge is 2.23. The van der Waals surface area contributed by atoms with E-state index in [9.17, 15) is 9.18 Å². The van der Waals surface area contributed by atoms with E-state index >= 15 is 0 Å². The normalized spacial score (nSPS) is 17.9. The summed E-state index contributed by atoms with van der Waals surface area (Å²) in [6.07, 6.45) is 2.65. The second kappa shape index (κ2) is 8.07. The third-order valence-corrected chi connectivity index (χ3v) is 4.36. The Morgan fingerprint density at radius 3 is 2.80 bits per heavy atom. The number of halogens is 1. The van der Waals surface area contributed by atoms with Crippen molar-refractivity contribution in [3.63, 3.8) is 0 Å². The molecule has 0 saturated carbocycles. The lowest BCUT2D eigenvalue weighted by atomic mass is 10.0. The molecule has 6 heteroatoms. The van der Waals surface area contributed by atoms with Crippen molar-refractivity contribution >= 4 is 6.03 Å². The fourth-order valence-corrected chi connectivity index (χ4v) is 2.96. The van der Waals surface area contributed by atoms with Gasteiger partial charge in [0.1, 0.15) is 5.82 Å². The minimum absolute atomic E-state index is 0.188. The quantitative estimate of drug-likeness (QED) is 0.908. The Labute approximate surface area is 146 Å². The number of amides is 2. The topological polar surface area (TPSA) is 54.5 Å². The van der Waals surface area contributed by atoms with Crippen molar-refractivity contribution in [2.24, 2.45) is 5.92 Å². The molecule has 1 aliphatic rings. The highest BCUT2D eigenvalue weighted by molar-refractivity contribution is 5.75. The fourth-order valence-electron chi connectivity index (χ4n) is 2.96. The van der Waals surface area contributed by atoms with E-state index in [-0.39, 0.29) is 11.8 Å². The molecule has 3 rings (SSSR count). The van der Waals surface area contributed by atoms with E-state index in [2.05, 4.69) is 10.3 Å². The van der Waals surface area contributed by atoms with Gasteiger partial charge >= 0.3 is 6.03 Å². The van der Waals surface area contributed by atoms with Crippen LogP contribution in [0.1, 0.15) is 23.7 Å². The van der Waals surface area contributed by atoms with E-state index in [0.29, 0.717) is 24.8 Å². The number of ether oxygens (including phenoxy) is 1. The number of rotatable bonds is 5. The van der Waals surface area contributed by atoms with Gasteiger partial charge in [-0.05, 0) is 36.2 Å². The van der Waals surface area contributed by atoms with Crippen molar-refractivity contribution < 1.29 is 13.9 Å². The van der Waals surface area contributed by atoms with Gasteiger partial charge in [-0.2, -0.15) is 0 Å². The van der Waals surface area contributed by atoms with Crippen LogP contribution < -0.4 is 5.32 Å². The summed E-state index contributed by atoms with van der Waals surface area (Å²) in [7, 11) is 1.77. The summed E-state index contributed by atoms with van der Waals surface area (Å²) >= 11 is 0. The van der Waals surface area contributed by atoms with Crippen LogP contribution in [-0.4, -0.2) is 42.7 Å². The number of benzene rings is 1. The zero-order valence-corrected chi connectivity index (χ0v) is 14.2. The molecule has 1 N–H and O–H groups in total. The maximum atomic E-state index is 13.2. The third-order valence-electron chi connectivity index (χ3n) is 4.36. The van der Waals surface area contributed by atoms with Crippen molar-refractivity contribution in [2.75, 3.05) is 26.8 Å². The summed E-state index contributed by atoms with van der Waals surface area (Å²) in [6, 6.07) is 11.0. The second-order valence-corrected chi connectivity index (χ2v) is 6.30. The van der Waals surface area contributed by atoms with Gasteiger partial charge in [-0.25, -0.2) is 9.18 Å². The highest BCUT2D eigenvalue weighted by Crippen LogP contribution is 2.21. The number of hydrogen-bond acceptors (Lipinski definition) is 3. The Hall–Kier alpha value is -2.47. The van der Waals surface area contributed by atoms with Gasteiger partial charge in [0.05, 0.1) is 18.3 Å². The van der Waals surface area contributed by atoms with E-state index < -0.39 is 6.04 Å². The molecular weight excluding hydrogens is 321 g/mol. The SMILES string of the molecule is CN(C[C@@H]1CCOC1)C(=O)N[C@H](c1ccc(F)cc1)c1ccccn1. The predicted octanol–water partition coefficient (Wildman–Crippen LogP) is 2.99. The van der Waals surface area contributed by atoms with Crippen molar-refractivity contribution in [1.82, 2.24) is 15.2 Å². The average molecular weight is 343 g/mol. The Balaban J connectivity index is 1.75. The molecule has 132 valence electrons. The third kappa shape index (κ3) is 4.54. The molecule has 1 aromatic carbocycles. The molecule has 0 unspecified atom stereocenters. The molecule has 25 heavy (non-hydrogen) atoms. The maximum absolute atomic E-state index is 13.2. The maximum Gasteiger partial charge on any atom is 0.317 e. The summed E-state index contributed by atoms with van der Waals surface area (Å²) in [6.45, 7) is 2.09. The number of hydrogen-bond donors (Lipinski definition) is 1. The lowest BCUT2D eigenvalue weighted by molar-refractivity contribution is 0.171. The number of pyridine rings is 1. The molecule has 5 nitrogen and oxygen atoms in total. The van der Waals surface area contributed by atoms with Crippen molar-refractivity contribution in [3.05, 3.63) is 65.7 Å². The molecule has 2 aromatic rings. The molecule has 1 aromatic heterocycles. The number of aromatic nitrogens is 1. The molecular formula is C19H22FN3O2. The largest absolute Gasteiger partial charge is 0.381 e. The molecule has 0 radical (unpaired) electrons. The number of carbonyl (C=O) groups is 1. The Kier molecular flexibility index (Phi) is 5.60. The number of nitrogens with one attached hydrogen (secondary N) is 1. The van der Waals surface area contributed by atoms with E-state index in [1.54, 1.807) is 30.3 Å². The predicted molar refractivity (Wildman–Crippen MR) is 92.6 cm³/mol. The monoisotopic (exact) mass is 343 g/mol. The van der Waals surface area contributed by atoms with Crippen LogP contribution in [-0.2, 0) is 4.74 Å². The Bertz CT molecular complexity index is 688. The molecule has 0 bridgehead atoms. The van der Waals surface area contributed by atoms with E-state index in [4.69, 9.17) is 4.74 Å². The smallest absolute Gasteiger partial charge is 0.317 e. The van der Waals surface area contributed by atoms with Crippen molar-refractivity contribution in [3.8, 4) is 0 Å². The van der Waals surface area contributed by atoms with Crippen LogP contribution >= 0.6 is 0 Å². The zero-order chi connectivity index (χ0) is 17.6. The van der Waals surface area contributed by atoms with Crippen molar-refractivity contribution in [2.45, 2.75) is 12.5 Å². The average Bonchev–Trinajstić information content (AvgIpc) is 3.14. The summed E-state index contributed by atoms with van der Waals surface area (Å²) < 4.78 is 18.6. The standard InChI is InChI=1S/C19H22FN3O2/c1-23(12-14-9-11-25-13-14)19(24)22-18(17-4-2-3-10-21-17)15-5-7-16(20)8-6-15/h2-8,10,14,18H,9,11-13H2,1H3,(H,22,24)/t14-,18+/m0/s1. The van der Waals surface area contributed by atoms with E-state index in [1.165, 1.54) is 12.1 Å². The summed E-state index contributed by atoms with van der Waals surface area (Å²) in [5.74, 6) is 0.0584. The number of nitrogens with zero attached hydrogens (tertiary/aromatic N) is 2. The summed E-state index contributed by atoms with van der Waals surface area (Å²) in [5, 5.41) is 3.00. The first-order chi connectivity index (χ1) is 12.1. The second-order valence-electron chi connectivity index (χ2n) is 6.30. The van der Waals surface area contributed by atoms with Crippen molar-refractivity contribution in [1.29, 1.82) is 0 Å². The first-order valence-electron chi connectivity index (χ1n) is 8.39. The number of carbonyl (C=O) groups excluding carboxylic acids is 1. The fraction of sp³-hybridized carbons (Fsp3) is 0.368. The molecule has 2 atom stereocenters. The van der Waals surface area contributed by atoms with Crippen LogP contribution in [0.25, 0.3) is 0 Å². The number of urea groups is 1. The Morgan fingerprint density at radius 2 is 2.16 bits per heavy atom. The summed E-state index contributed by atoms with van der Waals surface area (Å²) in [4.78, 5) is 18.6. The van der Waals surface area contributed by atoms with Gasteiger partial charge in [0.2, 0.25) is 0 Å². The van der Waals surface area contributed by atoms with Crippen LogP contribution in [0.15, 0.2) is 48.7 Å². The highest BCUT2D eigenvalue weighted by atomic mass is 19.1. The van der Waals surface area contributed by atoms with Crippen LogP contribution in [0.3, 0.4) is 0 Å². The molecule has 2 heterocycles. The molecule has 1 aliphatic heterocycles. The Morgan fingerprint density at radius 1 is 1.36 bits per heavy atom. The van der Waals surface area contributed by atoms with Gasteiger partial charge in [0.15, 0.2) is 0 Å². The van der Waals surface area contributed by atoms with Gasteiger partial charge in [-0.3, -0.25) is 4.98 Å². The molecule has 0 spiro atoms.